The number of benzene rings is 2. The van der Waals surface area contributed by atoms with Gasteiger partial charge < -0.3 is 9.52 Å². The number of aliphatic hydroxyl groups excluding tert-OH is 1. The van der Waals surface area contributed by atoms with Crippen molar-refractivity contribution in [2.75, 3.05) is 6.54 Å². The minimum atomic E-state index is -3.66. The molecular formula is C22H27NO4S. The maximum absolute atomic E-state index is 13.0. The summed E-state index contributed by atoms with van der Waals surface area (Å²) >= 11 is 0. The molecule has 1 saturated carbocycles. The molecule has 1 aromatic heterocycles. The van der Waals surface area contributed by atoms with E-state index in [0.29, 0.717) is 18.5 Å². The van der Waals surface area contributed by atoms with Gasteiger partial charge in [0.25, 0.3) is 0 Å². The highest BCUT2D eigenvalue weighted by Gasteiger charge is 2.41. The van der Waals surface area contributed by atoms with E-state index in [1.807, 2.05) is 31.2 Å². The first kappa shape index (κ1) is 19.4. The van der Waals surface area contributed by atoms with Crippen molar-refractivity contribution in [1.29, 1.82) is 0 Å². The van der Waals surface area contributed by atoms with E-state index in [-0.39, 0.29) is 15.7 Å². The molecule has 6 heteroatoms. The van der Waals surface area contributed by atoms with E-state index in [0.717, 1.165) is 29.2 Å². The van der Waals surface area contributed by atoms with Crippen molar-refractivity contribution in [1.82, 2.24) is 4.72 Å². The molecule has 2 aromatic carbocycles. The lowest BCUT2D eigenvalue weighted by Crippen LogP contribution is -2.45. The SMILES string of the molecule is CC1(C)C[C@@H](O)C[C@](C)(CNS(=O)(=O)c2ccc3oc4ccccc4c3c2)C1. The summed E-state index contributed by atoms with van der Waals surface area (Å²) in [7, 11) is -3.66. The first-order valence-corrected chi connectivity index (χ1v) is 11.1. The third-order valence-electron chi connectivity index (χ3n) is 5.77. The van der Waals surface area contributed by atoms with Crippen molar-refractivity contribution < 1.29 is 17.9 Å². The minimum Gasteiger partial charge on any atom is -0.456 e. The van der Waals surface area contributed by atoms with Crippen LogP contribution in [-0.2, 0) is 10.0 Å². The van der Waals surface area contributed by atoms with Crippen LogP contribution in [0.4, 0.5) is 0 Å². The Balaban J connectivity index is 1.61. The molecule has 0 unspecified atom stereocenters. The van der Waals surface area contributed by atoms with Crippen LogP contribution >= 0.6 is 0 Å². The van der Waals surface area contributed by atoms with Crippen LogP contribution in [0.2, 0.25) is 0 Å². The molecule has 1 fully saturated rings. The summed E-state index contributed by atoms with van der Waals surface area (Å²) < 4.78 is 34.5. The van der Waals surface area contributed by atoms with Gasteiger partial charge in [0, 0.05) is 17.3 Å². The second-order valence-electron chi connectivity index (χ2n) is 9.29. The van der Waals surface area contributed by atoms with E-state index in [4.69, 9.17) is 4.42 Å². The molecule has 4 rings (SSSR count). The number of sulfonamides is 1. The van der Waals surface area contributed by atoms with E-state index in [9.17, 15) is 13.5 Å². The lowest BCUT2D eigenvalue weighted by molar-refractivity contribution is -0.00657. The first-order chi connectivity index (χ1) is 13.1. The average Bonchev–Trinajstić information content (AvgIpc) is 2.96. The molecule has 3 aromatic rings. The largest absolute Gasteiger partial charge is 0.456 e. The number of hydrogen-bond donors (Lipinski definition) is 2. The monoisotopic (exact) mass is 401 g/mol. The average molecular weight is 402 g/mol. The predicted molar refractivity (Wildman–Crippen MR) is 111 cm³/mol. The zero-order valence-electron chi connectivity index (χ0n) is 16.5. The van der Waals surface area contributed by atoms with E-state index in [1.165, 1.54) is 0 Å². The Hall–Kier alpha value is -1.89. The molecular weight excluding hydrogens is 374 g/mol. The fourth-order valence-corrected chi connectivity index (χ4v) is 6.16. The van der Waals surface area contributed by atoms with Crippen molar-refractivity contribution in [3.8, 4) is 0 Å². The number of aliphatic hydroxyl groups is 1. The Morgan fingerprint density at radius 1 is 1.07 bits per heavy atom. The van der Waals surface area contributed by atoms with Gasteiger partial charge in [-0.25, -0.2) is 13.1 Å². The lowest BCUT2D eigenvalue weighted by atomic mass is 9.63. The fourth-order valence-electron chi connectivity index (χ4n) is 4.94. The van der Waals surface area contributed by atoms with Crippen LogP contribution in [0.15, 0.2) is 51.8 Å². The fraction of sp³-hybridized carbons (Fsp3) is 0.455. The smallest absolute Gasteiger partial charge is 0.240 e. The van der Waals surface area contributed by atoms with Crippen LogP contribution in [0.3, 0.4) is 0 Å². The van der Waals surface area contributed by atoms with Gasteiger partial charge in [-0.3, -0.25) is 0 Å². The predicted octanol–water partition coefficient (Wildman–Crippen LogP) is 4.44. The second-order valence-corrected chi connectivity index (χ2v) is 11.1. The molecule has 0 amide bonds. The summed E-state index contributed by atoms with van der Waals surface area (Å²) in [6.07, 6.45) is 1.82. The summed E-state index contributed by atoms with van der Waals surface area (Å²) in [5.41, 5.74) is 1.13. The Morgan fingerprint density at radius 2 is 1.79 bits per heavy atom. The standard InChI is InChI=1S/C22H27NO4S/c1-21(2)11-15(24)12-22(3,13-21)14-23-28(25,26)16-8-9-20-18(10-16)17-6-4-5-7-19(17)27-20/h4-10,15,23-24H,11-14H2,1-3H3/t15-,22+/m1/s1. The molecule has 0 aliphatic heterocycles. The highest BCUT2D eigenvalue weighted by molar-refractivity contribution is 7.89. The van der Waals surface area contributed by atoms with Crippen molar-refractivity contribution in [2.45, 2.75) is 51.0 Å². The normalized spacial score (nSPS) is 25.4. The summed E-state index contributed by atoms with van der Waals surface area (Å²) in [6.45, 7) is 6.60. The summed E-state index contributed by atoms with van der Waals surface area (Å²) in [5, 5.41) is 11.9. The second kappa shape index (κ2) is 6.58. The van der Waals surface area contributed by atoms with Gasteiger partial charge in [-0.1, -0.05) is 39.0 Å². The third kappa shape index (κ3) is 3.69. The minimum absolute atomic E-state index is 0.00746. The molecule has 0 saturated heterocycles. The van der Waals surface area contributed by atoms with Crippen LogP contribution in [0, 0.1) is 10.8 Å². The molecule has 0 bridgehead atoms. The quantitative estimate of drug-likeness (QED) is 0.677. The molecule has 2 N–H and O–H groups in total. The third-order valence-corrected chi connectivity index (χ3v) is 7.17. The summed E-state index contributed by atoms with van der Waals surface area (Å²) in [4.78, 5) is 0.228. The van der Waals surface area contributed by atoms with Gasteiger partial charge in [0.2, 0.25) is 10.0 Å². The number of rotatable bonds is 4. The molecule has 1 heterocycles. The number of furan rings is 1. The van der Waals surface area contributed by atoms with Crippen LogP contribution in [0.1, 0.15) is 40.0 Å². The number of hydrogen-bond acceptors (Lipinski definition) is 4. The van der Waals surface area contributed by atoms with Gasteiger partial charge >= 0.3 is 0 Å². The lowest BCUT2D eigenvalue weighted by Gasteiger charge is -2.45. The van der Waals surface area contributed by atoms with Crippen LogP contribution < -0.4 is 4.72 Å². The van der Waals surface area contributed by atoms with Gasteiger partial charge in [-0.2, -0.15) is 0 Å². The van der Waals surface area contributed by atoms with Gasteiger partial charge in [-0.05, 0) is 54.4 Å². The molecule has 28 heavy (non-hydrogen) atoms. The topological polar surface area (TPSA) is 79.5 Å². The van der Waals surface area contributed by atoms with Gasteiger partial charge in [0.05, 0.1) is 11.0 Å². The number of fused-ring (bicyclic) bond motifs is 3. The van der Waals surface area contributed by atoms with E-state index >= 15 is 0 Å². The molecule has 1 aliphatic rings. The molecule has 0 spiro atoms. The number of para-hydroxylation sites is 1. The highest BCUT2D eigenvalue weighted by atomic mass is 32.2. The van der Waals surface area contributed by atoms with E-state index in [1.54, 1.807) is 18.2 Å². The first-order valence-electron chi connectivity index (χ1n) is 9.66. The Kier molecular flexibility index (Phi) is 4.56. The Bertz CT molecular complexity index is 1130. The molecule has 0 radical (unpaired) electrons. The molecule has 1 aliphatic carbocycles. The van der Waals surface area contributed by atoms with Gasteiger partial charge in [0.15, 0.2) is 0 Å². The van der Waals surface area contributed by atoms with Crippen molar-refractivity contribution in [3.63, 3.8) is 0 Å². The summed E-state index contributed by atoms with van der Waals surface area (Å²) in [6, 6.07) is 12.6. The Morgan fingerprint density at radius 3 is 2.54 bits per heavy atom. The zero-order chi connectivity index (χ0) is 20.2. The Labute approximate surface area is 165 Å². The van der Waals surface area contributed by atoms with Gasteiger partial charge in [-0.15, -0.1) is 0 Å². The molecule has 2 atom stereocenters. The molecule has 5 nitrogen and oxygen atoms in total. The van der Waals surface area contributed by atoms with Crippen molar-refractivity contribution in [3.05, 3.63) is 42.5 Å². The van der Waals surface area contributed by atoms with E-state index in [2.05, 4.69) is 18.6 Å². The summed E-state index contributed by atoms with van der Waals surface area (Å²) in [5.74, 6) is 0. The molecule has 150 valence electrons. The van der Waals surface area contributed by atoms with E-state index < -0.39 is 16.1 Å². The van der Waals surface area contributed by atoms with Crippen LogP contribution in [-0.4, -0.2) is 26.2 Å². The zero-order valence-corrected chi connectivity index (χ0v) is 17.3. The van der Waals surface area contributed by atoms with Crippen molar-refractivity contribution >= 4 is 32.0 Å². The van der Waals surface area contributed by atoms with Crippen LogP contribution in [0.25, 0.3) is 21.9 Å². The maximum atomic E-state index is 13.0. The number of nitrogens with one attached hydrogen (secondary N) is 1. The highest BCUT2D eigenvalue weighted by Crippen LogP contribution is 2.45. The maximum Gasteiger partial charge on any atom is 0.240 e. The van der Waals surface area contributed by atoms with Crippen molar-refractivity contribution in [2.24, 2.45) is 10.8 Å². The van der Waals surface area contributed by atoms with Gasteiger partial charge in [0.1, 0.15) is 11.2 Å². The van der Waals surface area contributed by atoms with Crippen LogP contribution in [0.5, 0.6) is 0 Å².